The first-order chi connectivity index (χ1) is 8.33. The Bertz CT molecular complexity index is 518. The summed E-state index contributed by atoms with van der Waals surface area (Å²) in [6, 6.07) is 0.476. The molecule has 0 saturated carbocycles. The van der Waals surface area contributed by atoms with Gasteiger partial charge in [0, 0.05) is 24.2 Å². The number of thioether (sulfide) groups is 1. The number of fused-ring (bicyclic) bond motifs is 1. The van der Waals surface area contributed by atoms with E-state index in [9.17, 15) is 0 Å². The van der Waals surface area contributed by atoms with Gasteiger partial charge in [-0.2, -0.15) is 11.8 Å². The average Bonchev–Trinajstić information content (AvgIpc) is 2.78. The zero-order valence-electron chi connectivity index (χ0n) is 9.47. The summed E-state index contributed by atoms with van der Waals surface area (Å²) in [5.41, 5.74) is 6.63. The fourth-order valence-corrected chi connectivity index (χ4v) is 3.17. The van der Waals surface area contributed by atoms with E-state index in [0.29, 0.717) is 11.9 Å². The highest BCUT2D eigenvalue weighted by Crippen LogP contribution is 2.22. The van der Waals surface area contributed by atoms with Crippen LogP contribution in [0, 0.1) is 0 Å². The molecule has 5 nitrogen and oxygen atoms in total. The zero-order valence-corrected chi connectivity index (χ0v) is 10.3. The lowest BCUT2D eigenvalue weighted by molar-refractivity contribution is 0.682. The molecular weight excluding hydrogens is 234 g/mol. The van der Waals surface area contributed by atoms with Gasteiger partial charge in [0.15, 0.2) is 11.5 Å². The molecule has 3 N–H and O–H groups in total. The predicted molar refractivity (Wildman–Crippen MR) is 71.4 cm³/mol. The predicted octanol–water partition coefficient (Wildman–Crippen LogP) is 1.62. The lowest BCUT2D eigenvalue weighted by atomic mass is 10.2. The van der Waals surface area contributed by atoms with Gasteiger partial charge in [-0.05, 0) is 18.6 Å². The van der Waals surface area contributed by atoms with Crippen LogP contribution in [-0.4, -0.2) is 31.9 Å². The summed E-state index contributed by atoms with van der Waals surface area (Å²) in [6.45, 7) is 0. The Labute approximate surface area is 104 Å². The number of rotatable bonds is 2. The molecule has 3 rings (SSSR count). The van der Waals surface area contributed by atoms with Gasteiger partial charge in [-0.15, -0.1) is 0 Å². The molecule has 0 aromatic carbocycles. The Hall–Kier alpha value is -1.43. The Morgan fingerprint density at radius 3 is 3.29 bits per heavy atom. The second-order valence-corrected chi connectivity index (χ2v) is 5.38. The maximum atomic E-state index is 5.78. The molecule has 0 amide bonds. The summed E-state index contributed by atoms with van der Waals surface area (Å²) in [6.07, 6.45) is 7.88. The van der Waals surface area contributed by atoms with Gasteiger partial charge in [0.2, 0.25) is 0 Å². The van der Waals surface area contributed by atoms with Crippen molar-refractivity contribution in [3.8, 4) is 0 Å². The van der Waals surface area contributed by atoms with E-state index in [0.717, 1.165) is 17.2 Å². The van der Waals surface area contributed by atoms with E-state index in [1.165, 1.54) is 18.6 Å². The maximum absolute atomic E-state index is 5.78. The number of nitrogen functional groups attached to an aromatic ring is 1. The van der Waals surface area contributed by atoms with E-state index in [4.69, 9.17) is 5.73 Å². The first-order valence-corrected chi connectivity index (χ1v) is 6.92. The van der Waals surface area contributed by atoms with Crippen LogP contribution in [0.2, 0.25) is 0 Å². The minimum atomic E-state index is 0.476. The highest BCUT2D eigenvalue weighted by Gasteiger charge is 2.16. The molecule has 2 aromatic rings. The largest absolute Gasteiger partial charge is 0.382 e. The average molecular weight is 249 g/mol. The lowest BCUT2D eigenvalue weighted by Crippen LogP contribution is -2.26. The molecule has 1 atom stereocenters. The highest BCUT2D eigenvalue weighted by molar-refractivity contribution is 7.99. The van der Waals surface area contributed by atoms with Crippen LogP contribution in [0.25, 0.3) is 5.65 Å². The summed E-state index contributed by atoms with van der Waals surface area (Å²) in [7, 11) is 0. The summed E-state index contributed by atoms with van der Waals surface area (Å²) in [5.74, 6) is 3.70. The standard InChI is InChI=1S/C11H15N5S/c12-9-6-16-4-3-13-11(16)10(15-9)14-8-2-1-5-17-7-8/h3-4,6,8H,1-2,5,7,12H2,(H,14,15). The highest BCUT2D eigenvalue weighted by atomic mass is 32.2. The molecule has 1 aliphatic rings. The maximum Gasteiger partial charge on any atom is 0.180 e. The van der Waals surface area contributed by atoms with Crippen LogP contribution in [0.4, 0.5) is 11.6 Å². The number of nitrogens with two attached hydrogens (primary N) is 1. The number of anilines is 2. The number of imidazole rings is 1. The van der Waals surface area contributed by atoms with Crippen molar-refractivity contribution in [1.82, 2.24) is 14.4 Å². The molecule has 0 radical (unpaired) electrons. The molecule has 3 heterocycles. The fraction of sp³-hybridized carbons (Fsp3) is 0.455. The van der Waals surface area contributed by atoms with E-state index < -0.39 is 0 Å². The van der Waals surface area contributed by atoms with Gasteiger partial charge in [-0.1, -0.05) is 0 Å². The molecule has 0 aliphatic carbocycles. The quantitative estimate of drug-likeness (QED) is 0.846. The summed E-state index contributed by atoms with van der Waals surface area (Å²) < 4.78 is 1.90. The number of hydrogen-bond donors (Lipinski definition) is 2. The van der Waals surface area contributed by atoms with E-state index in [1.54, 1.807) is 12.4 Å². The van der Waals surface area contributed by atoms with Crippen molar-refractivity contribution in [1.29, 1.82) is 0 Å². The van der Waals surface area contributed by atoms with E-state index in [-0.39, 0.29) is 0 Å². The molecule has 2 aromatic heterocycles. The van der Waals surface area contributed by atoms with Crippen LogP contribution in [0.1, 0.15) is 12.8 Å². The summed E-state index contributed by atoms with van der Waals surface area (Å²) in [4.78, 5) is 8.64. The number of nitrogens with one attached hydrogen (secondary N) is 1. The topological polar surface area (TPSA) is 68.2 Å². The molecule has 1 saturated heterocycles. The minimum Gasteiger partial charge on any atom is -0.382 e. The monoisotopic (exact) mass is 249 g/mol. The molecule has 1 aliphatic heterocycles. The third-order valence-electron chi connectivity index (χ3n) is 2.89. The van der Waals surface area contributed by atoms with Gasteiger partial charge in [-0.3, -0.25) is 0 Å². The van der Waals surface area contributed by atoms with Crippen LogP contribution in [0.3, 0.4) is 0 Å². The van der Waals surface area contributed by atoms with Crippen LogP contribution < -0.4 is 11.1 Å². The number of aromatic nitrogens is 3. The van der Waals surface area contributed by atoms with Crippen LogP contribution in [0.5, 0.6) is 0 Å². The van der Waals surface area contributed by atoms with Gasteiger partial charge in [0.25, 0.3) is 0 Å². The van der Waals surface area contributed by atoms with Crippen molar-refractivity contribution in [3.63, 3.8) is 0 Å². The molecule has 90 valence electrons. The van der Waals surface area contributed by atoms with Crippen molar-refractivity contribution in [3.05, 3.63) is 18.6 Å². The lowest BCUT2D eigenvalue weighted by Gasteiger charge is -2.23. The van der Waals surface area contributed by atoms with Crippen LogP contribution in [0.15, 0.2) is 18.6 Å². The van der Waals surface area contributed by atoms with Crippen LogP contribution >= 0.6 is 11.8 Å². The second kappa shape index (κ2) is 4.44. The van der Waals surface area contributed by atoms with Gasteiger partial charge in [-0.25, -0.2) is 9.97 Å². The fourth-order valence-electron chi connectivity index (χ4n) is 2.10. The van der Waals surface area contributed by atoms with Crippen molar-refractivity contribution < 1.29 is 0 Å². The van der Waals surface area contributed by atoms with Crippen LogP contribution in [-0.2, 0) is 0 Å². The molecule has 1 fully saturated rings. The summed E-state index contributed by atoms with van der Waals surface area (Å²) in [5, 5.41) is 3.46. The molecule has 6 heteroatoms. The molecule has 0 bridgehead atoms. The van der Waals surface area contributed by atoms with Gasteiger partial charge < -0.3 is 15.5 Å². The van der Waals surface area contributed by atoms with E-state index in [2.05, 4.69) is 15.3 Å². The normalized spacial score (nSPS) is 20.6. The smallest absolute Gasteiger partial charge is 0.180 e. The Morgan fingerprint density at radius 1 is 1.53 bits per heavy atom. The third kappa shape index (κ3) is 2.17. The van der Waals surface area contributed by atoms with E-state index >= 15 is 0 Å². The van der Waals surface area contributed by atoms with E-state index in [1.807, 2.05) is 22.4 Å². The Morgan fingerprint density at radius 2 is 2.47 bits per heavy atom. The Balaban J connectivity index is 1.90. The summed E-state index contributed by atoms with van der Waals surface area (Å²) >= 11 is 1.99. The van der Waals surface area contributed by atoms with Crippen molar-refractivity contribution >= 4 is 29.0 Å². The SMILES string of the molecule is Nc1cn2ccnc2c(NC2CCCSC2)n1. The zero-order chi connectivity index (χ0) is 11.7. The number of nitrogens with zero attached hydrogens (tertiary/aromatic N) is 3. The molecule has 17 heavy (non-hydrogen) atoms. The Kier molecular flexibility index (Phi) is 2.80. The van der Waals surface area contributed by atoms with Crippen molar-refractivity contribution in [2.24, 2.45) is 0 Å². The minimum absolute atomic E-state index is 0.476. The first kappa shape index (κ1) is 10.7. The van der Waals surface area contributed by atoms with Crippen molar-refractivity contribution in [2.45, 2.75) is 18.9 Å². The van der Waals surface area contributed by atoms with Crippen molar-refractivity contribution in [2.75, 3.05) is 22.6 Å². The first-order valence-electron chi connectivity index (χ1n) is 5.76. The number of hydrogen-bond acceptors (Lipinski definition) is 5. The second-order valence-electron chi connectivity index (χ2n) is 4.23. The van der Waals surface area contributed by atoms with Gasteiger partial charge >= 0.3 is 0 Å². The van der Waals surface area contributed by atoms with Gasteiger partial charge in [0.1, 0.15) is 5.82 Å². The molecule has 1 unspecified atom stereocenters. The molecule has 0 spiro atoms. The molecular formula is C11H15N5S. The third-order valence-corrected chi connectivity index (χ3v) is 4.11. The van der Waals surface area contributed by atoms with Gasteiger partial charge in [0.05, 0.1) is 6.20 Å².